The minimum absolute atomic E-state index is 0. The third-order valence-corrected chi connectivity index (χ3v) is 6.10. The van der Waals surface area contributed by atoms with Gasteiger partial charge in [-0.25, -0.2) is 19.9 Å². The van der Waals surface area contributed by atoms with Crippen molar-refractivity contribution in [1.29, 1.82) is 0 Å². The molecular formula is C22H38ClN5S2. The van der Waals surface area contributed by atoms with Gasteiger partial charge in [-0.2, -0.15) is 0 Å². The molecule has 8 heteroatoms. The molecule has 0 saturated heterocycles. The zero-order valence-electron chi connectivity index (χ0n) is 19.0. The van der Waals surface area contributed by atoms with E-state index in [4.69, 9.17) is 5.73 Å². The van der Waals surface area contributed by atoms with Gasteiger partial charge in [-0.15, -0.1) is 35.9 Å². The first kappa shape index (κ1) is 29.1. The molecule has 5 nitrogen and oxygen atoms in total. The summed E-state index contributed by atoms with van der Waals surface area (Å²) in [5, 5.41) is 0. The van der Waals surface area contributed by atoms with E-state index in [1.807, 2.05) is 37.3 Å². The van der Waals surface area contributed by atoms with Gasteiger partial charge in [0.25, 0.3) is 0 Å². The second-order valence-electron chi connectivity index (χ2n) is 7.39. The Hall–Kier alpha value is -0.890. The molecule has 2 unspecified atom stereocenters. The van der Waals surface area contributed by atoms with Crippen LogP contribution in [0, 0.1) is 11.8 Å². The molecule has 0 aliphatic rings. The molecule has 0 aliphatic heterocycles. The fraction of sp³-hybridized carbons (Fsp3) is 0.636. The summed E-state index contributed by atoms with van der Waals surface area (Å²) < 4.78 is 0. The van der Waals surface area contributed by atoms with Gasteiger partial charge in [0.1, 0.15) is 11.6 Å². The Morgan fingerprint density at radius 1 is 0.767 bits per heavy atom. The Balaban J connectivity index is 0.000000544. The largest absolute Gasteiger partial charge is 0.330 e. The summed E-state index contributed by atoms with van der Waals surface area (Å²) in [5.74, 6) is 3.25. The van der Waals surface area contributed by atoms with Crippen molar-refractivity contribution in [2.24, 2.45) is 17.6 Å². The molecule has 0 spiro atoms. The highest BCUT2D eigenvalue weighted by molar-refractivity contribution is 7.98. The smallest absolute Gasteiger partial charge is 0.128 e. The van der Waals surface area contributed by atoms with Gasteiger partial charge < -0.3 is 5.73 Å². The van der Waals surface area contributed by atoms with Crippen molar-refractivity contribution in [2.45, 2.75) is 69.1 Å². The van der Waals surface area contributed by atoms with Crippen LogP contribution in [-0.4, -0.2) is 39.0 Å². The number of hydrogen-bond acceptors (Lipinski definition) is 7. The van der Waals surface area contributed by atoms with E-state index in [1.165, 1.54) is 19.3 Å². The monoisotopic (exact) mass is 471 g/mol. The number of rotatable bonds is 11. The van der Waals surface area contributed by atoms with Crippen molar-refractivity contribution in [2.75, 3.05) is 19.1 Å². The van der Waals surface area contributed by atoms with Crippen LogP contribution in [0.5, 0.6) is 0 Å². The van der Waals surface area contributed by atoms with E-state index in [0.717, 1.165) is 53.2 Å². The van der Waals surface area contributed by atoms with E-state index >= 15 is 0 Å². The number of halogens is 1. The molecule has 2 aromatic heterocycles. The van der Waals surface area contributed by atoms with Crippen LogP contribution in [0.2, 0.25) is 0 Å². The maximum absolute atomic E-state index is 5.54. The molecule has 0 fully saturated rings. The normalized spacial score (nSPS) is 12.3. The second-order valence-corrected chi connectivity index (χ2v) is 9.15. The Kier molecular flexibility index (Phi) is 17.2. The van der Waals surface area contributed by atoms with E-state index in [-0.39, 0.29) is 12.4 Å². The number of nitrogens with two attached hydrogens (primary N) is 1. The fourth-order valence-corrected chi connectivity index (χ4v) is 3.29. The predicted molar refractivity (Wildman–Crippen MR) is 134 cm³/mol. The Morgan fingerprint density at radius 3 is 1.50 bits per heavy atom. The van der Waals surface area contributed by atoms with Gasteiger partial charge in [0.2, 0.25) is 0 Å². The van der Waals surface area contributed by atoms with Gasteiger partial charge in [0.15, 0.2) is 0 Å². The Morgan fingerprint density at radius 2 is 1.17 bits per heavy atom. The zero-order valence-corrected chi connectivity index (χ0v) is 21.5. The summed E-state index contributed by atoms with van der Waals surface area (Å²) in [5.41, 5.74) is 5.54. The van der Waals surface area contributed by atoms with E-state index in [1.54, 1.807) is 23.5 Å². The first-order valence-corrected chi connectivity index (χ1v) is 12.9. The maximum Gasteiger partial charge on any atom is 0.128 e. The van der Waals surface area contributed by atoms with Crippen molar-refractivity contribution < 1.29 is 0 Å². The van der Waals surface area contributed by atoms with Crippen LogP contribution in [0.15, 0.2) is 34.6 Å². The number of aromatic nitrogens is 4. The average Bonchev–Trinajstić information content (AvgIpc) is 2.77. The molecule has 0 bridgehead atoms. The average molecular weight is 472 g/mol. The SMILES string of the molecule is CCCC(C)CCc1ncc(SC)cn1.CSc1cnc(CCC(C)CN)nc1.Cl. The quantitative estimate of drug-likeness (QED) is 0.420. The van der Waals surface area contributed by atoms with Crippen LogP contribution in [0.25, 0.3) is 0 Å². The molecule has 0 amide bonds. The Labute approximate surface area is 197 Å². The lowest BCUT2D eigenvalue weighted by molar-refractivity contribution is 0.480. The summed E-state index contributed by atoms with van der Waals surface area (Å²) in [6, 6.07) is 0. The van der Waals surface area contributed by atoms with Crippen molar-refractivity contribution in [3.63, 3.8) is 0 Å². The second kappa shape index (κ2) is 17.8. The van der Waals surface area contributed by atoms with E-state index in [9.17, 15) is 0 Å². The Bertz CT molecular complexity index is 656. The lowest BCUT2D eigenvalue weighted by Gasteiger charge is -2.08. The molecule has 2 heterocycles. The molecule has 2 rings (SSSR count). The molecule has 2 N–H and O–H groups in total. The summed E-state index contributed by atoms with van der Waals surface area (Å²) in [4.78, 5) is 19.5. The van der Waals surface area contributed by atoms with Gasteiger partial charge in [-0.05, 0) is 43.7 Å². The van der Waals surface area contributed by atoms with Crippen LogP contribution < -0.4 is 5.73 Å². The fourth-order valence-electron chi connectivity index (χ4n) is 2.66. The number of aryl methyl sites for hydroxylation is 2. The van der Waals surface area contributed by atoms with Gasteiger partial charge in [0.05, 0.1) is 0 Å². The summed E-state index contributed by atoms with van der Waals surface area (Å²) in [6.07, 6.45) is 18.4. The van der Waals surface area contributed by atoms with Gasteiger partial charge in [-0.3, -0.25) is 0 Å². The van der Waals surface area contributed by atoms with Crippen LogP contribution >= 0.6 is 35.9 Å². The van der Waals surface area contributed by atoms with Crippen molar-refractivity contribution in [3.05, 3.63) is 36.4 Å². The molecule has 2 atom stereocenters. The van der Waals surface area contributed by atoms with Gasteiger partial charge >= 0.3 is 0 Å². The molecule has 170 valence electrons. The summed E-state index contributed by atoms with van der Waals surface area (Å²) >= 11 is 3.35. The predicted octanol–water partition coefficient (Wildman–Crippen LogP) is 5.72. The molecule has 0 aliphatic carbocycles. The number of nitrogens with zero attached hydrogens (tertiary/aromatic N) is 4. The van der Waals surface area contributed by atoms with Gasteiger partial charge in [-0.1, -0.05) is 33.6 Å². The molecule has 2 aromatic rings. The minimum Gasteiger partial charge on any atom is -0.330 e. The van der Waals surface area contributed by atoms with E-state index in [2.05, 4.69) is 40.7 Å². The third kappa shape index (κ3) is 12.7. The standard InChI is InChI=1S/C12H20N2S.C10H17N3S.ClH/c1-4-5-10(2)6-7-12-13-8-11(15-3)9-14-12;1-8(5-11)3-4-10-12-6-9(14-2)7-13-10;/h8-10H,4-7H2,1-3H3;6-8H,3-5,11H2,1-2H3;1H. The summed E-state index contributed by atoms with van der Waals surface area (Å²) in [7, 11) is 0. The minimum atomic E-state index is 0. The molecule has 0 radical (unpaired) electrons. The summed E-state index contributed by atoms with van der Waals surface area (Å²) in [6.45, 7) is 7.43. The highest BCUT2D eigenvalue weighted by Crippen LogP contribution is 2.14. The molecule has 0 saturated carbocycles. The van der Waals surface area contributed by atoms with Crippen molar-refractivity contribution in [1.82, 2.24) is 19.9 Å². The van der Waals surface area contributed by atoms with Crippen LogP contribution in [0.4, 0.5) is 0 Å². The van der Waals surface area contributed by atoms with Gasteiger partial charge in [0, 0.05) is 47.4 Å². The number of hydrogen-bond donors (Lipinski definition) is 1. The van der Waals surface area contributed by atoms with E-state index < -0.39 is 0 Å². The molecule has 30 heavy (non-hydrogen) atoms. The topological polar surface area (TPSA) is 77.6 Å². The lowest BCUT2D eigenvalue weighted by Crippen LogP contribution is -2.12. The highest BCUT2D eigenvalue weighted by atomic mass is 35.5. The highest BCUT2D eigenvalue weighted by Gasteiger charge is 2.04. The van der Waals surface area contributed by atoms with Crippen LogP contribution in [0.1, 0.15) is 58.1 Å². The van der Waals surface area contributed by atoms with Crippen LogP contribution in [-0.2, 0) is 12.8 Å². The number of thioether (sulfide) groups is 2. The van der Waals surface area contributed by atoms with E-state index in [0.29, 0.717) is 5.92 Å². The van der Waals surface area contributed by atoms with Crippen LogP contribution in [0.3, 0.4) is 0 Å². The molecular weight excluding hydrogens is 434 g/mol. The first-order valence-electron chi connectivity index (χ1n) is 10.4. The first-order chi connectivity index (χ1) is 14.0. The lowest BCUT2D eigenvalue weighted by atomic mass is 10.0. The third-order valence-electron chi connectivity index (χ3n) is 4.74. The maximum atomic E-state index is 5.54. The molecule has 0 aromatic carbocycles. The van der Waals surface area contributed by atoms with Crippen molar-refractivity contribution >= 4 is 35.9 Å². The van der Waals surface area contributed by atoms with Crippen molar-refractivity contribution in [3.8, 4) is 0 Å². The zero-order chi connectivity index (χ0) is 21.5.